The Bertz CT molecular complexity index is 3030. The summed E-state index contributed by atoms with van der Waals surface area (Å²) in [6, 6.07) is 31.1. The number of hydrogen-bond acceptors (Lipinski definition) is 11. The van der Waals surface area contributed by atoms with Crippen LogP contribution in [0.2, 0.25) is 20.1 Å². The first-order valence-corrected chi connectivity index (χ1v) is 29.0. The summed E-state index contributed by atoms with van der Waals surface area (Å²) in [6.45, 7) is 24.1. The van der Waals surface area contributed by atoms with E-state index in [1.807, 2.05) is 133 Å². The molecule has 6 aliphatic heterocycles. The Hall–Kier alpha value is -5.00. The Morgan fingerprint density at radius 3 is 1.35 bits per heavy atom. The van der Waals surface area contributed by atoms with Crippen LogP contribution in [0.4, 0.5) is 0 Å². The van der Waals surface area contributed by atoms with Crippen LogP contribution in [0.1, 0.15) is 104 Å². The van der Waals surface area contributed by atoms with Gasteiger partial charge >= 0.3 is 5.97 Å². The summed E-state index contributed by atoms with van der Waals surface area (Å²) in [5.41, 5.74) is 4.73. The lowest BCUT2D eigenvalue weighted by molar-refractivity contribution is -0.138. The van der Waals surface area contributed by atoms with E-state index in [1.54, 1.807) is 13.8 Å². The van der Waals surface area contributed by atoms with Gasteiger partial charge in [-0.3, -0.25) is 14.4 Å². The van der Waals surface area contributed by atoms with Crippen LogP contribution in [-0.2, 0) is 30.3 Å². The Morgan fingerprint density at radius 1 is 0.597 bits per heavy atom. The highest BCUT2D eigenvalue weighted by Gasteiger charge is 2.55. The summed E-state index contributed by atoms with van der Waals surface area (Å²) >= 11 is 27.4. The van der Waals surface area contributed by atoms with Gasteiger partial charge < -0.3 is 34.9 Å². The molecule has 0 spiro atoms. The first kappa shape index (κ1) is 58.2. The summed E-state index contributed by atoms with van der Waals surface area (Å²) in [7, 11) is 0. The third-order valence-corrected chi connectivity index (χ3v) is 18.1. The van der Waals surface area contributed by atoms with Crippen molar-refractivity contribution in [2.24, 2.45) is 21.8 Å². The molecule has 2 N–H and O–H groups in total. The number of allylic oxidation sites excluding steroid dienone is 2. The fraction of sp³-hybridized carbons (Fsp3) is 0.414. The normalized spacial score (nSPS) is 24.8. The van der Waals surface area contributed by atoms with E-state index in [9.17, 15) is 24.3 Å². The summed E-state index contributed by atoms with van der Waals surface area (Å²) in [5, 5.41) is 17.2. The predicted molar refractivity (Wildman–Crippen MR) is 314 cm³/mol. The number of piperazine rings is 2. The van der Waals surface area contributed by atoms with E-state index in [-0.39, 0.29) is 47.7 Å². The maximum atomic E-state index is 14.0. The number of hydrogen-bond donors (Lipinski definition) is 2. The minimum atomic E-state index is -0.918. The minimum absolute atomic E-state index is 0.00824. The molecule has 0 bridgehead atoms. The number of thioether (sulfide) groups is 2. The van der Waals surface area contributed by atoms with Gasteiger partial charge in [0, 0.05) is 96.7 Å². The Morgan fingerprint density at radius 2 is 0.987 bits per heavy atom. The van der Waals surface area contributed by atoms with Gasteiger partial charge in [-0.15, -0.1) is 0 Å². The van der Waals surface area contributed by atoms with Crippen molar-refractivity contribution < 1.29 is 24.3 Å². The van der Waals surface area contributed by atoms with E-state index in [0.717, 1.165) is 63.4 Å². The zero-order chi connectivity index (χ0) is 55.8. The highest BCUT2D eigenvalue weighted by molar-refractivity contribution is 8.18. The standard InChI is InChI=1S/C29H32Cl2N4O2S.C22H20Cl2N2O2S.C7H14N2O/c1-17(2)24-25(27(37)33-14-15-34(19(4)36)18(3)16-33)38-28-32-29(5,21-8-12-23(31)13-9-21)26(35(24)28)20-6-10-22(30)11-7-20;1-12(2)17-18(20(27)28)29-21-25-22(3,14-6-10-16(24)11-7-14)19(26(17)21)13-4-8-15(23)9-5-13;1-6-5-8-3-4-9(6)7(2)10/h6-13,17-18,26H,14-16H2,1-5H3;4-12,19H,1-3H3,(H,27,28);6,8H,3-5H2,1-2H3/t18-,26-,29+;19-,22+;6-/m111/s1. The van der Waals surface area contributed by atoms with Crippen LogP contribution in [0, 0.1) is 11.8 Å². The van der Waals surface area contributed by atoms with Crippen molar-refractivity contribution in [1.29, 1.82) is 0 Å². The van der Waals surface area contributed by atoms with Gasteiger partial charge in [0.05, 0.1) is 12.1 Å². The highest BCUT2D eigenvalue weighted by Crippen LogP contribution is 2.58. The third kappa shape index (κ3) is 11.8. The molecule has 0 aliphatic carbocycles. The van der Waals surface area contributed by atoms with Gasteiger partial charge in [-0.25, -0.2) is 14.8 Å². The van der Waals surface area contributed by atoms with E-state index in [1.165, 1.54) is 23.5 Å². The Kier molecular flexibility index (Phi) is 17.9. The zero-order valence-corrected chi connectivity index (χ0v) is 49.6. The number of carbonyl (C=O) groups is 4. The van der Waals surface area contributed by atoms with Crippen LogP contribution < -0.4 is 5.32 Å². The lowest BCUT2D eigenvalue weighted by Gasteiger charge is -2.40. The SMILES string of the molecule is CC(=O)N1CCN(C(=O)C2=C(C(C)C)N3C(=N[C@@](C)(c4ccc(Cl)cc4)[C@H]3c3ccc(Cl)cc3)S2)C[C@H]1C.CC(=O)N1CCNC[C@H]1C.CC(C)C1=C(C(=O)O)SC2=N[C@@](C)(c3ccc(Cl)cc3)[C@@H](c3ccc(Cl)cc3)N21. The van der Waals surface area contributed by atoms with Crippen molar-refractivity contribution >= 4 is 104 Å². The average molecular weight is 1160 g/mol. The molecule has 2 saturated heterocycles. The van der Waals surface area contributed by atoms with Crippen LogP contribution >= 0.6 is 69.9 Å². The molecule has 408 valence electrons. The number of amides is 3. The summed E-state index contributed by atoms with van der Waals surface area (Å²) in [5.74, 6) is -0.554. The zero-order valence-electron chi connectivity index (χ0n) is 45.0. The number of carboxylic acid groups (broad SMARTS) is 1. The van der Waals surface area contributed by atoms with E-state index in [0.29, 0.717) is 55.8 Å². The molecule has 13 nitrogen and oxygen atoms in total. The van der Waals surface area contributed by atoms with Crippen LogP contribution in [0.25, 0.3) is 0 Å². The van der Waals surface area contributed by atoms with Crippen molar-refractivity contribution in [3.05, 3.63) is 161 Å². The highest BCUT2D eigenvalue weighted by atomic mass is 35.5. The molecule has 0 radical (unpaired) electrons. The van der Waals surface area contributed by atoms with Gasteiger partial charge in [-0.05, 0) is 134 Å². The topological polar surface area (TPSA) is 141 Å². The lowest BCUT2D eigenvalue weighted by atomic mass is 9.81. The van der Waals surface area contributed by atoms with Crippen molar-refractivity contribution in [3.63, 3.8) is 0 Å². The third-order valence-electron chi connectivity index (χ3n) is 15.0. The van der Waals surface area contributed by atoms with E-state index >= 15 is 0 Å². The molecule has 6 heterocycles. The first-order valence-electron chi connectivity index (χ1n) is 25.9. The molecule has 10 rings (SSSR count). The number of rotatable bonds is 8. The number of carbonyl (C=O) groups excluding carboxylic acids is 3. The monoisotopic (exact) mass is 1160 g/mol. The number of halogens is 4. The van der Waals surface area contributed by atoms with E-state index < -0.39 is 17.0 Å². The molecule has 2 fully saturated rings. The number of benzene rings is 4. The number of amidine groups is 2. The van der Waals surface area contributed by atoms with Crippen molar-refractivity contribution in [2.45, 2.75) is 104 Å². The van der Waals surface area contributed by atoms with Gasteiger partial charge in [-0.2, -0.15) is 0 Å². The van der Waals surface area contributed by atoms with Crippen molar-refractivity contribution in [1.82, 2.24) is 29.8 Å². The van der Waals surface area contributed by atoms with Crippen LogP contribution in [0.3, 0.4) is 0 Å². The van der Waals surface area contributed by atoms with Gasteiger partial charge in [-0.1, -0.05) is 123 Å². The molecule has 0 unspecified atom stereocenters. The molecule has 0 aromatic heterocycles. The average Bonchev–Trinajstić information content (AvgIpc) is 4.26. The first-order chi connectivity index (χ1) is 36.4. The molecule has 19 heteroatoms. The largest absolute Gasteiger partial charge is 0.477 e. The predicted octanol–water partition coefficient (Wildman–Crippen LogP) is 12.5. The second kappa shape index (κ2) is 23.8. The number of fused-ring (bicyclic) bond motifs is 2. The maximum Gasteiger partial charge on any atom is 0.344 e. The second-order valence-corrected chi connectivity index (χ2v) is 24.8. The molecular weight excluding hydrogens is 1090 g/mol. The second-order valence-electron chi connectivity index (χ2n) is 21.1. The van der Waals surface area contributed by atoms with Gasteiger partial charge in [0.25, 0.3) is 5.91 Å². The van der Waals surface area contributed by atoms with Crippen LogP contribution in [0.5, 0.6) is 0 Å². The van der Waals surface area contributed by atoms with Crippen LogP contribution in [0.15, 0.2) is 128 Å². The van der Waals surface area contributed by atoms with E-state index in [2.05, 4.69) is 49.7 Å². The van der Waals surface area contributed by atoms with Crippen molar-refractivity contribution in [3.8, 4) is 0 Å². The van der Waals surface area contributed by atoms with E-state index in [4.69, 9.17) is 56.4 Å². The smallest absolute Gasteiger partial charge is 0.344 e. The summed E-state index contributed by atoms with van der Waals surface area (Å²) in [6.07, 6.45) is 0. The molecule has 3 amide bonds. The number of aliphatic carboxylic acids is 1. The maximum absolute atomic E-state index is 14.0. The van der Waals surface area contributed by atoms with Gasteiger partial charge in [0.2, 0.25) is 11.8 Å². The quantitative estimate of drug-likeness (QED) is 0.175. The Labute approximate surface area is 481 Å². The number of carboxylic acids is 1. The number of nitrogens with one attached hydrogen (secondary N) is 1. The van der Waals surface area contributed by atoms with Gasteiger partial charge in [0.1, 0.15) is 20.9 Å². The van der Waals surface area contributed by atoms with Crippen LogP contribution in [-0.4, -0.2) is 115 Å². The molecule has 6 atom stereocenters. The fourth-order valence-corrected chi connectivity index (χ4v) is 14.3. The minimum Gasteiger partial charge on any atom is -0.477 e. The number of aliphatic imine (C=N–C) groups is 2. The molecule has 0 saturated carbocycles. The van der Waals surface area contributed by atoms with Gasteiger partial charge in [0.15, 0.2) is 10.3 Å². The molecular formula is C58H66Cl4N8O5S2. The molecule has 4 aromatic rings. The lowest BCUT2D eigenvalue weighted by Crippen LogP contribution is -2.55. The van der Waals surface area contributed by atoms with Crippen molar-refractivity contribution in [2.75, 3.05) is 39.3 Å². The molecule has 4 aromatic carbocycles. The summed E-state index contributed by atoms with van der Waals surface area (Å²) in [4.78, 5) is 70.1. The Balaban J connectivity index is 0.000000177. The molecule has 6 aliphatic rings. The number of nitrogens with zero attached hydrogens (tertiary/aromatic N) is 7. The fourth-order valence-electron chi connectivity index (χ4n) is 11.2. The summed E-state index contributed by atoms with van der Waals surface area (Å²) < 4.78 is 0. The molecule has 77 heavy (non-hydrogen) atoms.